The second kappa shape index (κ2) is 11.3. The van der Waals surface area contributed by atoms with Crippen molar-refractivity contribution >= 4 is 52.2 Å². The van der Waals surface area contributed by atoms with Crippen LogP contribution < -0.4 is 0 Å². The molecule has 0 aromatic heterocycles. The first-order valence-corrected chi connectivity index (χ1v) is 9.89. The van der Waals surface area contributed by atoms with Crippen molar-refractivity contribution in [2.45, 2.75) is 57.5 Å². The second-order valence-corrected chi connectivity index (χ2v) is 8.08. The largest absolute Gasteiger partial charge is 0.463 e. The summed E-state index contributed by atoms with van der Waals surface area (Å²) >= 11 is 6.34. The summed E-state index contributed by atoms with van der Waals surface area (Å²) in [4.78, 5) is 47.9. The zero-order valence-corrected chi connectivity index (χ0v) is 18.7. The maximum atomic E-state index is 11.7. The van der Waals surface area contributed by atoms with Crippen LogP contribution in [-0.4, -0.2) is 83.7 Å². The maximum Gasteiger partial charge on any atom is 0.303 e. The molecule has 0 saturated carbocycles. The predicted octanol–water partition coefficient (Wildman–Crippen LogP) is 0.649. The molecule has 1 heterocycles. The molecule has 29 heavy (non-hydrogen) atoms. The van der Waals surface area contributed by atoms with Gasteiger partial charge >= 0.3 is 23.9 Å². The van der Waals surface area contributed by atoms with Crippen molar-refractivity contribution in [2.24, 2.45) is 0 Å². The fraction of sp³-hybridized carbons (Fsp3) is 0.706. The monoisotopic (exact) mass is 451 g/mol. The summed E-state index contributed by atoms with van der Waals surface area (Å²) in [5, 5.41) is 0. The zero-order valence-electron chi connectivity index (χ0n) is 17.0. The third-order valence-corrected chi connectivity index (χ3v) is 5.36. The Morgan fingerprint density at radius 1 is 0.862 bits per heavy atom. The Hall–Kier alpha value is -1.92. The Balaban J connectivity index is 3.33. The van der Waals surface area contributed by atoms with Gasteiger partial charge in [0.15, 0.2) is 23.7 Å². The number of esters is 4. The zero-order chi connectivity index (χ0) is 22.3. The van der Waals surface area contributed by atoms with Crippen LogP contribution in [0.4, 0.5) is 0 Å². The topological polar surface area (TPSA) is 118 Å². The number of thioether (sulfide) groups is 1. The minimum absolute atomic E-state index is 0.274. The lowest BCUT2D eigenvalue weighted by molar-refractivity contribution is -0.237. The van der Waals surface area contributed by atoms with Crippen LogP contribution in [0.15, 0.2) is 0 Å². The van der Waals surface area contributed by atoms with E-state index >= 15 is 0 Å². The Bertz CT molecular complexity index is 655. The molecule has 12 heteroatoms. The number of hydrogen-bond acceptors (Lipinski definition) is 11. The average molecular weight is 452 g/mol. The molecule has 0 aromatic carbocycles. The lowest BCUT2D eigenvalue weighted by Gasteiger charge is -2.44. The standard InChI is InChI=1S/C17H25NO9S2/c1-8(19)23-7-12-13(24-9(2)20)14(25-10(3)21)15(26-11(4)22)16(27-12)29-17(28)18(5)6/h12-16H,7H2,1-6H3/t12-,13-,14+,15+,16+/m0/s1. The normalized spacial score (nSPS) is 26.1. The van der Waals surface area contributed by atoms with Gasteiger partial charge in [0.25, 0.3) is 0 Å². The summed E-state index contributed by atoms with van der Waals surface area (Å²) in [6.07, 6.45) is -4.49. The maximum absolute atomic E-state index is 11.7. The lowest BCUT2D eigenvalue weighted by Crippen LogP contribution is -2.61. The highest BCUT2D eigenvalue weighted by molar-refractivity contribution is 8.23. The van der Waals surface area contributed by atoms with Crippen LogP contribution in [-0.2, 0) is 42.9 Å². The predicted molar refractivity (Wildman–Crippen MR) is 106 cm³/mol. The highest BCUT2D eigenvalue weighted by Gasteiger charge is 2.52. The number of ether oxygens (including phenoxy) is 5. The van der Waals surface area contributed by atoms with Crippen LogP contribution in [0.5, 0.6) is 0 Å². The SMILES string of the molecule is CC(=O)OC[C@@H]1O[C@H](SC(=S)N(C)C)[C@H](OC(C)=O)[C@H](OC(C)=O)[C@H]1OC(C)=O. The van der Waals surface area contributed by atoms with Crippen LogP contribution >= 0.6 is 24.0 Å². The number of hydrogen-bond donors (Lipinski definition) is 0. The van der Waals surface area contributed by atoms with Gasteiger partial charge in [-0.15, -0.1) is 0 Å². The first-order valence-electron chi connectivity index (χ1n) is 8.60. The Morgan fingerprint density at radius 2 is 1.34 bits per heavy atom. The molecule has 0 radical (unpaired) electrons. The second-order valence-electron chi connectivity index (χ2n) is 6.35. The van der Waals surface area contributed by atoms with Gasteiger partial charge in [0, 0.05) is 41.8 Å². The molecule has 1 rings (SSSR count). The van der Waals surface area contributed by atoms with Crippen molar-refractivity contribution in [1.82, 2.24) is 4.90 Å². The van der Waals surface area contributed by atoms with Gasteiger partial charge in [-0.2, -0.15) is 0 Å². The molecule has 0 N–H and O–H groups in total. The van der Waals surface area contributed by atoms with Gasteiger partial charge in [-0.25, -0.2) is 0 Å². The third-order valence-electron chi connectivity index (χ3n) is 3.53. The van der Waals surface area contributed by atoms with Gasteiger partial charge in [-0.3, -0.25) is 19.2 Å². The molecule has 0 unspecified atom stereocenters. The smallest absolute Gasteiger partial charge is 0.303 e. The minimum Gasteiger partial charge on any atom is -0.463 e. The van der Waals surface area contributed by atoms with E-state index in [1.807, 2.05) is 0 Å². The summed E-state index contributed by atoms with van der Waals surface area (Å²) < 4.78 is 27.3. The van der Waals surface area contributed by atoms with Crippen LogP contribution in [0.3, 0.4) is 0 Å². The van der Waals surface area contributed by atoms with E-state index in [0.29, 0.717) is 4.32 Å². The fourth-order valence-electron chi connectivity index (χ4n) is 2.49. The number of carbonyl (C=O) groups excluding carboxylic acids is 4. The number of rotatable bonds is 6. The van der Waals surface area contributed by atoms with Gasteiger partial charge < -0.3 is 28.6 Å². The molecule has 1 aliphatic heterocycles. The minimum atomic E-state index is -1.20. The van der Waals surface area contributed by atoms with Crippen LogP contribution in [0.25, 0.3) is 0 Å². The molecule has 1 fully saturated rings. The van der Waals surface area contributed by atoms with E-state index in [-0.39, 0.29) is 6.61 Å². The first kappa shape index (κ1) is 25.1. The molecule has 0 aliphatic carbocycles. The molecule has 0 amide bonds. The molecule has 1 aliphatic rings. The van der Waals surface area contributed by atoms with E-state index < -0.39 is 53.7 Å². The number of carbonyl (C=O) groups is 4. The van der Waals surface area contributed by atoms with Gasteiger partial charge in [0.1, 0.15) is 17.0 Å². The van der Waals surface area contributed by atoms with E-state index in [9.17, 15) is 19.2 Å². The molecule has 1 saturated heterocycles. The van der Waals surface area contributed by atoms with E-state index in [4.69, 9.17) is 35.9 Å². The van der Waals surface area contributed by atoms with Crippen LogP contribution in [0, 0.1) is 0 Å². The third kappa shape index (κ3) is 8.15. The summed E-state index contributed by atoms with van der Waals surface area (Å²) in [7, 11) is 3.45. The van der Waals surface area contributed by atoms with Crippen molar-refractivity contribution in [3.05, 3.63) is 0 Å². The average Bonchev–Trinajstić information content (AvgIpc) is 2.56. The highest BCUT2D eigenvalue weighted by atomic mass is 32.2. The summed E-state index contributed by atoms with van der Waals surface area (Å²) in [6.45, 7) is 4.45. The molecule has 5 atom stereocenters. The molecule has 10 nitrogen and oxygen atoms in total. The summed E-state index contributed by atoms with van der Waals surface area (Å²) in [5.41, 5.74) is -0.912. The van der Waals surface area contributed by atoms with Gasteiger partial charge in [-0.1, -0.05) is 24.0 Å². The van der Waals surface area contributed by atoms with Crippen molar-refractivity contribution in [3.8, 4) is 0 Å². The van der Waals surface area contributed by atoms with Crippen molar-refractivity contribution < 1.29 is 42.9 Å². The molecule has 0 bridgehead atoms. The lowest BCUT2D eigenvalue weighted by atomic mass is 9.99. The Labute approximate surface area is 178 Å². The van der Waals surface area contributed by atoms with Crippen molar-refractivity contribution in [2.75, 3.05) is 20.7 Å². The van der Waals surface area contributed by atoms with Gasteiger partial charge in [0.05, 0.1) is 0 Å². The van der Waals surface area contributed by atoms with Crippen LogP contribution in [0.1, 0.15) is 27.7 Å². The fourth-order valence-corrected chi connectivity index (χ4v) is 3.73. The molecular weight excluding hydrogens is 426 g/mol. The molecular formula is C17H25NO9S2. The Morgan fingerprint density at radius 3 is 1.79 bits per heavy atom. The molecule has 0 aromatic rings. The van der Waals surface area contributed by atoms with Crippen molar-refractivity contribution in [3.63, 3.8) is 0 Å². The first-order chi connectivity index (χ1) is 13.4. The number of nitrogens with zero attached hydrogens (tertiary/aromatic N) is 1. The van der Waals surface area contributed by atoms with Gasteiger partial charge in [-0.05, 0) is 0 Å². The van der Waals surface area contributed by atoms with E-state index in [0.717, 1.165) is 18.7 Å². The van der Waals surface area contributed by atoms with Gasteiger partial charge in [0.2, 0.25) is 0 Å². The number of thiocarbonyl (C=S) groups is 1. The highest BCUT2D eigenvalue weighted by Crippen LogP contribution is 2.35. The Kier molecular flexibility index (Phi) is 9.80. The van der Waals surface area contributed by atoms with E-state index in [1.165, 1.54) is 20.8 Å². The molecule has 164 valence electrons. The van der Waals surface area contributed by atoms with E-state index in [1.54, 1.807) is 19.0 Å². The molecule has 0 spiro atoms. The van der Waals surface area contributed by atoms with Crippen LogP contribution in [0.2, 0.25) is 0 Å². The summed E-state index contributed by atoms with van der Waals surface area (Å²) in [5.74, 6) is -2.59. The van der Waals surface area contributed by atoms with E-state index in [2.05, 4.69) is 0 Å². The van der Waals surface area contributed by atoms with Crippen molar-refractivity contribution in [1.29, 1.82) is 0 Å². The summed E-state index contributed by atoms with van der Waals surface area (Å²) in [6, 6.07) is 0. The quantitative estimate of drug-likeness (QED) is 0.320.